The molecule has 1 aromatic carbocycles. The van der Waals surface area contributed by atoms with Crippen molar-refractivity contribution >= 4 is 5.96 Å². The highest BCUT2D eigenvalue weighted by Crippen LogP contribution is 2.19. The predicted molar refractivity (Wildman–Crippen MR) is 95.9 cm³/mol. The number of guanidine groups is 1. The standard InChI is InChI=1S/C18H26FN5O/c1-5-20-17(21-11-10-13-8-6-7-9-14(13)19)22-12-15-23-16(25-24-15)18(2,3)4/h6-9H,5,10-12H2,1-4H3,(H2,20,21,22). The van der Waals surface area contributed by atoms with Crippen LogP contribution in [-0.2, 0) is 18.4 Å². The summed E-state index contributed by atoms with van der Waals surface area (Å²) < 4.78 is 18.9. The van der Waals surface area contributed by atoms with Crippen LogP contribution in [0.1, 0.15) is 45.0 Å². The summed E-state index contributed by atoms with van der Waals surface area (Å²) in [6.45, 7) is 9.65. The van der Waals surface area contributed by atoms with Gasteiger partial charge in [-0.05, 0) is 25.0 Å². The summed E-state index contributed by atoms with van der Waals surface area (Å²) in [7, 11) is 0. The third-order valence-corrected chi connectivity index (χ3v) is 3.48. The molecule has 1 heterocycles. The summed E-state index contributed by atoms with van der Waals surface area (Å²) >= 11 is 0. The molecule has 0 bridgehead atoms. The quantitative estimate of drug-likeness (QED) is 0.621. The largest absolute Gasteiger partial charge is 0.357 e. The topological polar surface area (TPSA) is 75.3 Å². The summed E-state index contributed by atoms with van der Waals surface area (Å²) in [5.41, 5.74) is 0.496. The molecule has 0 aliphatic rings. The van der Waals surface area contributed by atoms with Crippen LogP contribution in [-0.4, -0.2) is 29.2 Å². The van der Waals surface area contributed by atoms with Gasteiger partial charge in [-0.15, -0.1) is 0 Å². The molecule has 0 saturated carbocycles. The number of benzene rings is 1. The van der Waals surface area contributed by atoms with E-state index in [2.05, 4.69) is 25.8 Å². The minimum Gasteiger partial charge on any atom is -0.357 e. The first-order chi connectivity index (χ1) is 11.9. The molecule has 6 nitrogen and oxygen atoms in total. The van der Waals surface area contributed by atoms with Gasteiger partial charge in [0.25, 0.3) is 0 Å². The van der Waals surface area contributed by atoms with Gasteiger partial charge in [0.1, 0.15) is 12.4 Å². The SMILES string of the molecule is CCNC(=NCc1noc(C(C)(C)C)n1)NCCc1ccccc1F. The lowest BCUT2D eigenvalue weighted by Gasteiger charge is -2.11. The second-order valence-corrected chi connectivity index (χ2v) is 6.73. The molecule has 136 valence electrons. The Morgan fingerprint density at radius 1 is 1.24 bits per heavy atom. The fourth-order valence-corrected chi connectivity index (χ4v) is 2.13. The summed E-state index contributed by atoms with van der Waals surface area (Å²) in [5, 5.41) is 10.3. The van der Waals surface area contributed by atoms with Crippen LogP contribution in [0.2, 0.25) is 0 Å². The molecular formula is C18H26FN5O. The number of nitrogens with one attached hydrogen (secondary N) is 2. The molecule has 2 N–H and O–H groups in total. The number of hydrogen-bond acceptors (Lipinski definition) is 4. The summed E-state index contributed by atoms with van der Waals surface area (Å²) in [5.74, 6) is 1.58. The molecular weight excluding hydrogens is 321 g/mol. The van der Waals surface area contributed by atoms with E-state index in [-0.39, 0.29) is 11.2 Å². The molecule has 0 aliphatic carbocycles. The van der Waals surface area contributed by atoms with Crippen LogP contribution in [0.15, 0.2) is 33.8 Å². The Balaban J connectivity index is 1.92. The molecule has 0 unspecified atom stereocenters. The molecule has 7 heteroatoms. The van der Waals surface area contributed by atoms with Gasteiger partial charge < -0.3 is 15.2 Å². The van der Waals surface area contributed by atoms with Gasteiger partial charge >= 0.3 is 0 Å². The zero-order valence-corrected chi connectivity index (χ0v) is 15.3. The Kier molecular flexibility index (Phi) is 6.50. The van der Waals surface area contributed by atoms with E-state index >= 15 is 0 Å². The van der Waals surface area contributed by atoms with E-state index in [4.69, 9.17) is 4.52 Å². The Hall–Kier alpha value is -2.44. The van der Waals surface area contributed by atoms with Crippen LogP contribution in [0.5, 0.6) is 0 Å². The maximum atomic E-state index is 13.6. The molecule has 2 aromatic rings. The van der Waals surface area contributed by atoms with E-state index < -0.39 is 0 Å². The van der Waals surface area contributed by atoms with Gasteiger partial charge in [-0.25, -0.2) is 9.38 Å². The van der Waals surface area contributed by atoms with Crippen LogP contribution in [0.25, 0.3) is 0 Å². The average molecular weight is 347 g/mol. The van der Waals surface area contributed by atoms with Crippen molar-refractivity contribution < 1.29 is 8.91 Å². The van der Waals surface area contributed by atoms with Crippen LogP contribution >= 0.6 is 0 Å². The molecule has 0 fully saturated rings. The molecule has 0 radical (unpaired) electrons. The lowest BCUT2D eigenvalue weighted by Crippen LogP contribution is -2.38. The lowest BCUT2D eigenvalue weighted by molar-refractivity contribution is 0.318. The molecule has 2 rings (SSSR count). The highest BCUT2D eigenvalue weighted by molar-refractivity contribution is 5.79. The van der Waals surface area contributed by atoms with Gasteiger partial charge in [0.15, 0.2) is 11.8 Å². The molecule has 0 amide bonds. The van der Waals surface area contributed by atoms with E-state index in [9.17, 15) is 4.39 Å². The van der Waals surface area contributed by atoms with Crippen molar-refractivity contribution in [1.82, 2.24) is 20.8 Å². The second-order valence-electron chi connectivity index (χ2n) is 6.73. The third kappa shape index (κ3) is 5.85. The molecule has 0 atom stereocenters. The number of aromatic nitrogens is 2. The van der Waals surface area contributed by atoms with Crippen molar-refractivity contribution in [3.05, 3.63) is 47.4 Å². The second kappa shape index (κ2) is 8.60. The minimum absolute atomic E-state index is 0.183. The summed E-state index contributed by atoms with van der Waals surface area (Å²) in [6.07, 6.45) is 0.577. The number of hydrogen-bond donors (Lipinski definition) is 2. The summed E-state index contributed by atoms with van der Waals surface area (Å²) in [4.78, 5) is 8.81. The van der Waals surface area contributed by atoms with Crippen molar-refractivity contribution in [3.8, 4) is 0 Å². The van der Waals surface area contributed by atoms with E-state index in [1.807, 2.05) is 33.8 Å². The Labute approximate surface area is 147 Å². The third-order valence-electron chi connectivity index (χ3n) is 3.48. The van der Waals surface area contributed by atoms with Crippen molar-refractivity contribution in [3.63, 3.8) is 0 Å². The maximum Gasteiger partial charge on any atom is 0.232 e. The zero-order chi connectivity index (χ0) is 18.3. The van der Waals surface area contributed by atoms with Crippen molar-refractivity contribution in [2.45, 2.75) is 46.1 Å². The average Bonchev–Trinajstić information content (AvgIpc) is 3.03. The van der Waals surface area contributed by atoms with Crippen molar-refractivity contribution in [1.29, 1.82) is 0 Å². The normalized spacial score (nSPS) is 12.3. The molecule has 0 spiro atoms. The maximum absolute atomic E-state index is 13.6. The first-order valence-corrected chi connectivity index (χ1v) is 8.49. The van der Waals surface area contributed by atoms with Crippen LogP contribution in [0.3, 0.4) is 0 Å². The van der Waals surface area contributed by atoms with Crippen molar-refractivity contribution in [2.75, 3.05) is 13.1 Å². The molecule has 0 saturated heterocycles. The summed E-state index contributed by atoms with van der Waals surface area (Å²) in [6, 6.07) is 6.78. The lowest BCUT2D eigenvalue weighted by atomic mass is 9.97. The monoisotopic (exact) mass is 347 g/mol. The molecule has 25 heavy (non-hydrogen) atoms. The van der Waals surface area contributed by atoms with E-state index in [0.717, 1.165) is 6.54 Å². The Morgan fingerprint density at radius 2 is 2.00 bits per heavy atom. The highest BCUT2D eigenvalue weighted by atomic mass is 19.1. The van der Waals surface area contributed by atoms with Crippen molar-refractivity contribution in [2.24, 2.45) is 4.99 Å². The minimum atomic E-state index is -0.187. The van der Waals surface area contributed by atoms with Gasteiger partial charge in [-0.3, -0.25) is 0 Å². The van der Waals surface area contributed by atoms with Gasteiger partial charge in [0, 0.05) is 18.5 Å². The number of halogens is 1. The van der Waals surface area contributed by atoms with E-state index in [1.54, 1.807) is 12.1 Å². The number of rotatable bonds is 6. The van der Waals surface area contributed by atoms with E-state index in [0.29, 0.717) is 42.7 Å². The zero-order valence-electron chi connectivity index (χ0n) is 15.3. The first kappa shape index (κ1) is 18.9. The van der Waals surface area contributed by atoms with Crippen LogP contribution in [0, 0.1) is 5.82 Å². The highest BCUT2D eigenvalue weighted by Gasteiger charge is 2.21. The molecule has 1 aromatic heterocycles. The smallest absolute Gasteiger partial charge is 0.232 e. The Morgan fingerprint density at radius 3 is 2.64 bits per heavy atom. The van der Waals surface area contributed by atoms with Gasteiger partial charge in [-0.2, -0.15) is 4.98 Å². The van der Waals surface area contributed by atoms with Crippen LogP contribution in [0.4, 0.5) is 4.39 Å². The fourth-order valence-electron chi connectivity index (χ4n) is 2.13. The Bertz CT molecular complexity index is 705. The van der Waals surface area contributed by atoms with Gasteiger partial charge in [0.2, 0.25) is 5.89 Å². The fraction of sp³-hybridized carbons (Fsp3) is 0.500. The van der Waals surface area contributed by atoms with Gasteiger partial charge in [-0.1, -0.05) is 44.1 Å². The van der Waals surface area contributed by atoms with E-state index in [1.165, 1.54) is 6.07 Å². The van der Waals surface area contributed by atoms with Crippen LogP contribution < -0.4 is 10.6 Å². The van der Waals surface area contributed by atoms with Gasteiger partial charge in [0.05, 0.1) is 0 Å². The first-order valence-electron chi connectivity index (χ1n) is 8.49. The predicted octanol–water partition coefficient (Wildman–Crippen LogP) is 2.80. The number of nitrogens with zero attached hydrogens (tertiary/aromatic N) is 3. The molecule has 0 aliphatic heterocycles. The number of aliphatic imine (C=N–C) groups is 1.